The Labute approximate surface area is 178 Å². The minimum absolute atomic E-state index is 0.454. The molecule has 0 atom stereocenters. The molecule has 1 N–H and O–H groups in total. The molecule has 2 aromatic carbocycles. The molecule has 0 spiro atoms. The lowest BCUT2D eigenvalue weighted by atomic mass is 9.92. The normalized spacial score (nSPS) is 14.9. The monoisotopic (exact) mass is 391 g/mol. The van der Waals surface area contributed by atoms with Crippen molar-refractivity contribution >= 4 is 11.4 Å². The lowest BCUT2D eigenvalue weighted by Gasteiger charge is -2.31. The first-order valence-electron chi connectivity index (χ1n) is 11.0. The van der Waals surface area contributed by atoms with Gasteiger partial charge < -0.3 is 0 Å². The Morgan fingerprint density at radius 2 is 1.03 bits per heavy atom. The molecule has 1 aliphatic rings. The van der Waals surface area contributed by atoms with Gasteiger partial charge in [0.15, 0.2) is 0 Å². The zero-order valence-electron chi connectivity index (χ0n) is 19.4. The summed E-state index contributed by atoms with van der Waals surface area (Å²) in [6.45, 7) is 22.5. The second-order valence-electron chi connectivity index (χ2n) is 9.37. The van der Waals surface area contributed by atoms with Gasteiger partial charge in [0.1, 0.15) is 6.54 Å². The van der Waals surface area contributed by atoms with Crippen molar-refractivity contribution in [3.05, 3.63) is 65.2 Å². The molecule has 2 radical (unpaired) electrons. The molecule has 0 aliphatic carbocycles. The topological polar surface area (TPSA) is 18.5 Å². The van der Waals surface area contributed by atoms with Crippen LogP contribution in [0.3, 0.4) is 0 Å². The maximum Gasteiger partial charge on any atom is 0.135 e. The highest BCUT2D eigenvalue weighted by molar-refractivity contribution is 5.67. The van der Waals surface area contributed by atoms with Crippen molar-refractivity contribution in [3.63, 3.8) is 0 Å². The molecule has 1 fully saturated rings. The Bertz CT molecular complexity index is 714. The van der Waals surface area contributed by atoms with Crippen molar-refractivity contribution in [1.82, 2.24) is 5.53 Å². The predicted molar refractivity (Wildman–Crippen MR) is 125 cm³/mol. The van der Waals surface area contributed by atoms with Crippen LogP contribution >= 0.6 is 0 Å². The Morgan fingerprint density at radius 1 is 0.655 bits per heavy atom. The van der Waals surface area contributed by atoms with Gasteiger partial charge in [0, 0.05) is 0 Å². The maximum absolute atomic E-state index is 3.66. The smallest absolute Gasteiger partial charge is 0.135 e. The van der Waals surface area contributed by atoms with E-state index in [0.717, 1.165) is 6.54 Å². The summed E-state index contributed by atoms with van der Waals surface area (Å²) in [4.78, 5) is 0. The fourth-order valence-corrected chi connectivity index (χ4v) is 4.18. The highest BCUT2D eigenvalue weighted by atomic mass is 15.8. The number of para-hydroxylation sites is 2. The van der Waals surface area contributed by atoms with Crippen LogP contribution in [0, 0.1) is 6.54 Å². The first-order chi connectivity index (χ1) is 13.7. The molecule has 0 aromatic heterocycles. The van der Waals surface area contributed by atoms with Crippen molar-refractivity contribution < 1.29 is 0 Å². The van der Waals surface area contributed by atoms with E-state index in [1.807, 2.05) is 0 Å². The zero-order chi connectivity index (χ0) is 21.3. The third-order valence-corrected chi connectivity index (χ3v) is 5.79. The zero-order valence-corrected chi connectivity index (χ0v) is 19.4. The van der Waals surface area contributed by atoms with E-state index in [9.17, 15) is 0 Å². The van der Waals surface area contributed by atoms with E-state index in [1.54, 1.807) is 0 Å². The van der Waals surface area contributed by atoms with E-state index >= 15 is 0 Å². The first kappa shape index (κ1) is 21.7. The number of nitrogens with one attached hydrogen (secondary N) is 1. The first-order valence-corrected chi connectivity index (χ1v) is 11.0. The van der Waals surface area contributed by atoms with Crippen LogP contribution in [-0.2, 0) is 0 Å². The molecule has 0 unspecified atom stereocenters. The number of benzene rings is 2. The van der Waals surface area contributed by atoms with E-state index in [2.05, 4.69) is 114 Å². The molecule has 0 saturated carbocycles. The second kappa shape index (κ2) is 8.79. The molecular formula is C26H37N3. The number of hydrogen-bond donors (Lipinski definition) is 1. The summed E-state index contributed by atoms with van der Waals surface area (Å²) in [7, 11) is 0. The number of rotatable bonds is 6. The molecule has 3 heteroatoms. The minimum atomic E-state index is 0.454. The summed E-state index contributed by atoms with van der Waals surface area (Å²) in [6.07, 6.45) is 0. The Balaban J connectivity index is 2.03. The van der Waals surface area contributed by atoms with Crippen molar-refractivity contribution in [2.45, 2.75) is 79.1 Å². The molecular weight excluding hydrogens is 354 g/mol. The Morgan fingerprint density at radius 3 is 1.41 bits per heavy atom. The van der Waals surface area contributed by atoms with Gasteiger partial charge >= 0.3 is 0 Å². The van der Waals surface area contributed by atoms with Crippen LogP contribution in [0.25, 0.3) is 0 Å². The Hall–Kier alpha value is -2.00. The summed E-state index contributed by atoms with van der Waals surface area (Å²) in [5.41, 5.74) is 11.7. The van der Waals surface area contributed by atoms with Crippen LogP contribution in [0.5, 0.6) is 0 Å². The van der Waals surface area contributed by atoms with Gasteiger partial charge in [0.25, 0.3) is 0 Å². The largest absolute Gasteiger partial charge is 0.288 e. The van der Waals surface area contributed by atoms with Crippen LogP contribution in [0.2, 0.25) is 0 Å². The number of anilines is 2. The lowest BCUT2D eigenvalue weighted by Crippen LogP contribution is -2.41. The van der Waals surface area contributed by atoms with Crippen molar-refractivity contribution in [1.29, 1.82) is 0 Å². The van der Waals surface area contributed by atoms with Gasteiger partial charge in [-0.05, 0) is 45.9 Å². The van der Waals surface area contributed by atoms with Crippen molar-refractivity contribution in [3.8, 4) is 0 Å². The molecule has 3 rings (SSSR count). The summed E-state index contributed by atoms with van der Waals surface area (Å²) in [5.74, 6) is 1.84. The van der Waals surface area contributed by atoms with Crippen LogP contribution in [0.4, 0.5) is 11.4 Å². The van der Waals surface area contributed by atoms with Gasteiger partial charge in [-0.1, -0.05) is 91.8 Å². The SMILES string of the molecule is CC(C)c1cccc(C(C)C)c1N1[C]CN(c2c(C(C)C)cccc2C(C)C)N1. The van der Waals surface area contributed by atoms with Gasteiger partial charge in [0.2, 0.25) is 0 Å². The van der Waals surface area contributed by atoms with Gasteiger partial charge in [-0.25, -0.2) is 0 Å². The summed E-state index contributed by atoms with van der Waals surface area (Å²) >= 11 is 0. The molecule has 3 nitrogen and oxygen atoms in total. The summed E-state index contributed by atoms with van der Waals surface area (Å²) < 4.78 is 0. The summed E-state index contributed by atoms with van der Waals surface area (Å²) in [5, 5.41) is 4.40. The third kappa shape index (κ3) is 4.30. The second-order valence-corrected chi connectivity index (χ2v) is 9.37. The number of nitrogens with zero attached hydrogens (tertiary/aromatic N) is 2. The fourth-order valence-electron chi connectivity index (χ4n) is 4.18. The van der Waals surface area contributed by atoms with Gasteiger partial charge in [-0.2, -0.15) is 0 Å². The maximum atomic E-state index is 3.66. The van der Waals surface area contributed by atoms with Crippen LogP contribution < -0.4 is 15.6 Å². The standard InChI is InChI=1S/C26H37N3/c1-17(2)21-11-9-12-22(18(3)4)25(21)28-15-16-29(27-28)26-23(19(5)6)13-10-14-24(26)20(7)8/h9-14,17-20,27H,15H2,1-8H3. The minimum Gasteiger partial charge on any atom is -0.288 e. The quantitative estimate of drug-likeness (QED) is 0.574. The molecule has 0 bridgehead atoms. The number of hydrazine groups is 2. The Kier molecular flexibility index (Phi) is 6.58. The van der Waals surface area contributed by atoms with Crippen molar-refractivity contribution in [2.75, 3.05) is 16.6 Å². The molecule has 2 aromatic rings. The van der Waals surface area contributed by atoms with E-state index in [0.29, 0.717) is 23.7 Å². The average molecular weight is 392 g/mol. The van der Waals surface area contributed by atoms with Gasteiger partial charge in [-0.15, -0.1) is 5.53 Å². The van der Waals surface area contributed by atoms with Gasteiger partial charge in [0.05, 0.1) is 17.9 Å². The predicted octanol–water partition coefficient (Wildman–Crippen LogP) is 6.97. The molecule has 1 heterocycles. The average Bonchev–Trinajstić information content (AvgIpc) is 3.15. The highest BCUT2D eigenvalue weighted by Gasteiger charge is 2.30. The molecule has 1 saturated heterocycles. The third-order valence-electron chi connectivity index (χ3n) is 5.79. The highest BCUT2D eigenvalue weighted by Crippen LogP contribution is 2.39. The van der Waals surface area contributed by atoms with Crippen LogP contribution in [0.1, 0.15) is 101 Å². The van der Waals surface area contributed by atoms with E-state index in [1.165, 1.54) is 33.6 Å². The van der Waals surface area contributed by atoms with E-state index in [4.69, 9.17) is 0 Å². The van der Waals surface area contributed by atoms with Crippen LogP contribution in [-0.4, -0.2) is 6.54 Å². The molecule has 156 valence electrons. The summed E-state index contributed by atoms with van der Waals surface area (Å²) in [6, 6.07) is 13.4. The van der Waals surface area contributed by atoms with E-state index < -0.39 is 0 Å². The molecule has 0 amide bonds. The molecule has 1 aliphatic heterocycles. The van der Waals surface area contributed by atoms with Crippen molar-refractivity contribution in [2.24, 2.45) is 0 Å². The van der Waals surface area contributed by atoms with E-state index in [-0.39, 0.29) is 0 Å². The fraction of sp³-hybridized carbons (Fsp3) is 0.500. The van der Waals surface area contributed by atoms with Gasteiger partial charge in [-0.3, -0.25) is 10.0 Å². The lowest BCUT2D eigenvalue weighted by molar-refractivity contribution is 0.704. The number of hydrogen-bond acceptors (Lipinski definition) is 3. The van der Waals surface area contributed by atoms with Crippen LogP contribution in [0.15, 0.2) is 36.4 Å². The molecule has 29 heavy (non-hydrogen) atoms.